The van der Waals surface area contributed by atoms with E-state index in [1.807, 2.05) is 52.1 Å². The van der Waals surface area contributed by atoms with Crippen LogP contribution in [0.5, 0.6) is 0 Å². The molecule has 0 saturated carbocycles. The van der Waals surface area contributed by atoms with E-state index in [9.17, 15) is 4.79 Å². The lowest BCUT2D eigenvalue weighted by molar-refractivity contribution is 0.0725. The number of thiazole rings is 1. The van der Waals surface area contributed by atoms with Crippen molar-refractivity contribution in [2.24, 2.45) is 0 Å². The number of H-pyrrole nitrogens is 1. The first-order chi connectivity index (χ1) is 12.8. The van der Waals surface area contributed by atoms with Gasteiger partial charge in [0.25, 0.3) is 5.91 Å². The van der Waals surface area contributed by atoms with Crippen molar-refractivity contribution in [1.29, 1.82) is 0 Å². The first-order valence-corrected chi connectivity index (χ1v) is 10.3. The van der Waals surface area contributed by atoms with Crippen LogP contribution in [-0.2, 0) is 0 Å². The number of hydrogen-bond acceptors (Lipinski definition) is 5. The minimum absolute atomic E-state index is 0.00740. The Morgan fingerprint density at radius 1 is 1.15 bits per heavy atom. The van der Waals surface area contributed by atoms with Crippen LogP contribution in [0.3, 0.4) is 0 Å². The summed E-state index contributed by atoms with van der Waals surface area (Å²) in [6, 6.07) is 12.0. The molecule has 3 aromatic heterocycles. The lowest BCUT2D eigenvalue weighted by Crippen LogP contribution is -2.31. The summed E-state index contributed by atoms with van der Waals surface area (Å²) in [6.45, 7) is 0.742. The van der Waals surface area contributed by atoms with E-state index in [0.29, 0.717) is 5.69 Å². The molecule has 5 nitrogen and oxygen atoms in total. The summed E-state index contributed by atoms with van der Waals surface area (Å²) in [4.78, 5) is 28.7. The molecule has 1 aromatic carbocycles. The van der Waals surface area contributed by atoms with Crippen molar-refractivity contribution in [1.82, 2.24) is 19.9 Å². The standard InChI is InChI=1S/C19H16N4OS2/c24-19(14-11-26-18(22-14)16-8-4-10-25-16)23-9-3-7-15(23)17-20-12-5-1-2-6-13(12)21-17/h1-2,4-6,8,10-11,15H,3,7,9H2,(H,20,21). The van der Waals surface area contributed by atoms with Gasteiger partial charge >= 0.3 is 0 Å². The van der Waals surface area contributed by atoms with Crippen molar-refractivity contribution in [3.05, 3.63) is 58.7 Å². The highest BCUT2D eigenvalue weighted by Gasteiger charge is 2.33. The number of amides is 1. The molecule has 1 saturated heterocycles. The summed E-state index contributed by atoms with van der Waals surface area (Å²) in [5.74, 6) is 0.859. The summed E-state index contributed by atoms with van der Waals surface area (Å²) in [5.41, 5.74) is 2.48. The van der Waals surface area contributed by atoms with Crippen LogP contribution >= 0.6 is 22.7 Å². The highest BCUT2D eigenvalue weighted by atomic mass is 32.1. The van der Waals surface area contributed by atoms with Gasteiger partial charge in [0, 0.05) is 11.9 Å². The number of carbonyl (C=O) groups excluding carboxylic acids is 1. The van der Waals surface area contributed by atoms with Crippen LogP contribution < -0.4 is 0 Å². The fourth-order valence-electron chi connectivity index (χ4n) is 3.46. The number of fused-ring (bicyclic) bond motifs is 1. The fraction of sp³-hybridized carbons (Fsp3) is 0.211. The van der Waals surface area contributed by atoms with Crippen molar-refractivity contribution >= 4 is 39.6 Å². The predicted octanol–water partition coefficient (Wildman–Crippen LogP) is 4.73. The number of aromatic amines is 1. The van der Waals surface area contributed by atoms with Crippen molar-refractivity contribution < 1.29 is 4.79 Å². The van der Waals surface area contributed by atoms with Gasteiger partial charge in [-0.3, -0.25) is 4.79 Å². The Bertz CT molecular complexity index is 1030. The summed E-state index contributed by atoms with van der Waals surface area (Å²) < 4.78 is 0. The molecule has 26 heavy (non-hydrogen) atoms. The second kappa shape index (κ2) is 6.34. The SMILES string of the molecule is O=C(c1csc(-c2cccs2)n1)N1CCCC1c1nc2ccccc2[nH]1. The van der Waals surface area contributed by atoms with Crippen LogP contribution in [0.4, 0.5) is 0 Å². The molecular formula is C19H16N4OS2. The number of para-hydroxylation sites is 2. The van der Waals surface area contributed by atoms with E-state index in [1.165, 1.54) is 11.3 Å². The van der Waals surface area contributed by atoms with Gasteiger partial charge in [-0.25, -0.2) is 9.97 Å². The molecule has 1 fully saturated rings. The van der Waals surface area contributed by atoms with Gasteiger partial charge in [-0.1, -0.05) is 18.2 Å². The van der Waals surface area contributed by atoms with E-state index in [0.717, 1.165) is 46.1 Å². The molecule has 0 radical (unpaired) electrons. The number of hydrogen-bond donors (Lipinski definition) is 1. The molecule has 1 amide bonds. The Kier molecular flexibility index (Phi) is 3.83. The zero-order valence-electron chi connectivity index (χ0n) is 13.9. The van der Waals surface area contributed by atoms with Gasteiger partial charge in [0.05, 0.1) is 22.0 Å². The Balaban J connectivity index is 1.44. The first kappa shape index (κ1) is 15.7. The van der Waals surface area contributed by atoms with E-state index < -0.39 is 0 Å². The number of rotatable bonds is 3. The average molecular weight is 380 g/mol. The second-order valence-corrected chi connectivity index (χ2v) is 8.12. The molecule has 1 aliphatic heterocycles. The number of thiophene rings is 1. The molecule has 5 rings (SSSR count). The van der Waals surface area contributed by atoms with Crippen molar-refractivity contribution in [2.45, 2.75) is 18.9 Å². The molecule has 130 valence electrons. The van der Waals surface area contributed by atoms with E-state index >= 15 is 0 Å². The number of nitrogens with zero attached hydrogens (tertiary/aromatic N) is 3. The Morgan fingerprint density at radius 2 is 2.08 bits per heavy atom. The largest absolute Gasteiger partial charge is 0.340 e. The molecule has 0 bridgehead atoms. The molecule has 0 spiro atoms. The van der Waals surface area contributed by atoms with E-state index in [2.05, 4.69) is 9.97 Å². The van der Waals surface area contributed by atoms with Crippen LogP contribution in [0.15, 0.2) is 47.2 Å². The zero-order valence-corrected chi connectivity index (χ0v) is 15.5. The average Bonchev–Trinajstić information content (AvgIpc) is 3.47. The molecule has 0 aliphatic carbocycles. The fourth-order valence-corrected chi connectivity index (χ4v) is 5.06. The summed E-state index contributed by atoms with van der Waals surface area (Å²) in [7, 11) is 0. The van der Waals surface area contributed by atoms with Gasteiger partial charge in [-0.15, -0.1) is 22.7 Å². The quantitative estimate of drug-likeness (QED) is 0.559. The normalized spacial score (nSPS) is 17.2. The predicted molar refractivity (Wildman–Crippen MR) is 105 cm³/mol. The van der Waals surface area contributed by atoms with Crippen LogP contribution in [0.1, 0.15) is 35.2 Å². The minimum atomic E-state index is -0.0122. The van der Waals surface area contributed by atoms with Crippen LogP contribution in [-0.4, -0.2) is 32.3 Å². The Morgan fingerprint density at radius 3 is 2.92 bits per heavy atom. The third kappa shape index (κ3) is 2.64. The summed E-state index contributed by atoms with van der Waals surface area (Å²) in [6.07, 6.45) is 1.91. The number of benzene rings is 1. The van der Waals surface area contributed by atoms with E-state index in [-0.39, 0.29) is 11.9 Å². The zero-order chi connectivity index (χ0) is 17.5. The molecule has 1 unspecified atom stereocenters. The van der Waals surface area contributed by atoms with Crippen LogP contribution in [0.2, 0.25) is 0 Å². The van der Waals surface area contributed by atoms with Crippen LogP contribution in [0.25, 0.3) is 20.9 Å². The molecule has 1 aliphatic rings. The smallest absolute Gasteiger partial charge is 0.273 e. The number of likely N-dealkylation sites (tertiary alicyclic amines) is 1. The Labute approximate surface area is 158 Å². The molecule has 1 N–H and O–H groups in total. The summed E-state index contributed by atoms with van der Waals surface area (Å²) >= 11 is 3.16. The topological polar surface area (TPSA) is 61.9 Å². The summed E-state index contributed by atoms with van der Waals surface area (Å²) in [5, 5.41) is 4.80. The van der Waals surface area contributed by atoms with Gasteiger partial charge in [-0.05, 0) is 36.4 Å². The second-order valence-electron chi connectivity index (χ2n) is 6.31. The maximum atomic E-state index is 13.1. The van der Waals surface area contributed by atoms with Crippen molar-refractivity contribution in [3.63, 3.8) is 0 Å². The lowest BCUT2D eigenvalue weighted by Gasteiger charge is -2.22. The maximum Gasteiger partial charge on any atom is 0.273 e. The van der Waals surface area contributed by atoms with E-state index in [1.54, 1.807) is 11.3 Å². The third-order valence-electron chi connectivity index (χ3n) is 4.69. The highest BCUT2D eigenvalue weighted by molar-refractivity contribution is 7.20. The number of nitrogens with one attached hydrogen (secondary N) is 1. The van der Waals surface area contributed by atoms with Gasteiger partial charge in [0.2, 0.25) is 0 Å². The molecule has 7 heteroatoms. The molecular weight excluding hydrogens is 364 g/mol. The number of carbonyl (C=O) groups is 1. The van der Waals surface area contributed by atoms with Gasteiger partial charge < -0.3 is 9.88 Å². The minimum Gasteiger partial charge on any atom is -0.340 e. The van der Waals surface area contributed by atoms with Crippen molar-refractivity contribution in [2.75, 3.05) is 6.54 Å². The highest BCUT2D eigenvalue weighted by Crippen LogP contribution is 2.34. The Hall–Kier alpha value is -2.51. The third-order valence-corrected chi connectivity index (χ3v) is 6.57. The maximum absolute atomic E-state index is 13.1. The van der Waals surface area contributed by atoms with Gasteiger partial charge in [-0.2, -0.15) is 0 Å². The van der Waals surface area contributed by atoms with E-state index in [4.69, 9.17) is 4.98 Å². The molecule has 4 heterocycles. The monoisotopic (exact) mass is 380 g/mol. The van der Waals surface area contributed by atoms with Gasteiger partial charge in [0.1, 0.15) is 16.5 Å². The molecule has 4 aromatic rings. The van der Waals surface area contributed by atoms with Crippen LogP contribution in [0, 0.1) is 0 Å². The number of imidazole rings is 1. The number of aromatic nitrogens is 3. The molecule has 1 atom stereocenters. The first-order valence-electron chi connectivity index (χ1n) is 8.54. The lowest BCUT2D eigenvalue weighted by atomic mass is 10.2. The van der Waals surface area contributed by atoms with Crippen molar-refractivity contribution in [3.8, 4) is 9.88 Å². The van der Waals surface area contributed by atoms with Gasteiger partial charge in [0.15, 0.2) is 0 Å².